The Balaban J connectivity index is 1.80. The molecule has 6 nitrogen and oxygen atoms in total. The van der Waals surface area contributed by atoms with Crippen LogP contribution in [0.25, 0.3) is 0 Å². The molecule has 0 fully saturated rings. The number of nitrogens with two attached hydrogens (primary N) is 1. The molecule has 1 heterocycles. The van der Waals surface area contributed by atoms with E-state index in [0.717, 1.165) is 17.7 Å². The average molecular weight is 349 g/mol. The van der Waals surface area contributed by atoms with Crippen LogP contribution in [0.15, 0.2) is 35.4 Å². The summed E-state index contributed by atoms with van der Waals surface area (Å²) in [4.78, 5) is 4.03. The van der Waals surface area contributed by atoms with Crippen LogP contribution < -0.4 is 15.2 Å². The molecular formula is C17H23N3O3S. The summed E-state index contributed by atoms with van der Waals surface area (Å²) >= 11 is 0. The molecule has 0 aliphatic heterocycles. The van der Waals surface area contributed by atoms with E-state index >= 15 is 0 Å². The number of anilines is 1. The summed E-state index contributed by atoms with van der Waals surface area (Å²) in [6.07, 6.45) is 2.04. The van der Waals surface area contributed by atoms with Crippen molar-refractivity contribution in [2.45, 2.75) is 32.1 Å². The predicted molar refractivity (Wildman–Crippen MR) is 94.9 cm³/mol. The van der Waals surface area contributed by atoms with Crippen molar-refractivity contribution < 1.29 is 13.2 Å². The molecule has 130 valence electrons. The van der Waals surface area contributed by atoms with E-state index < -0.39 is 10.0 Å². The molecule has 0 radical (unpaired) electrons. The summed E-state index contributed by atoms with van der Waals surface area (Å²) in [6, 6.07) is 7.21. The van der Waals surface area contributed by atoms with Crippen molar-refractivity contribution in [1.82, 2.24) is 4.98 Å². The maximum Gasteiger partial charge on any atom is 0.239 e. The Bertz CT molecular complexity index is 803. The van der Waals surface area contributed by atoms with Gasteiger partial charge in [-0.05, 0) is 62.1 Å². The molecule has 0 bridgehead atoms. The number of benzene rings is 1. The van der Waals surface area contributed by atoms with Crippen LogP contribution in [0.1, 0.15) is 23.1 Å². The number of rotatable bonds is 7. The Morgan fingerprint density at radius 1 is 1.21 bits per heavy atom. The zero-order chi connectivity index (χ0) is 17.7. The van der Waals surface area contributed by atoms with E-state index in [0.29, 0.717) is 19.0 Å². The number of pyridine rings is 1. The second kappa shape index (κ2) is 7.63. The molecule has 1 aromatic heterocycles. The van der Waals surface area contributed by atoms with Crippen LogP contribution in [-0.4, -0.2) is 26.6 Å². The number of hydrogen-bond acceptors (Lipinski definition) is 5. The SMILES string of the molecule is Cc1cc(C)c(C)c(OCCCNc2ccc(S(N)(=O)=O)cn2)c1. The third-order valence-corrected chi connectivity index (χ3v) is 4.61. The molecule has 0 unspecified atom stereocenters. The van der Waals surface area contributed by atoms with Crippen LogP contribution in [0.4, 0.5) is 5.82 Å². The molecule has 7 heteroatoms. The third kappa shape index (κ3) is 4.94. The monoisotopic (exact) mass is 349 g/mol. The number of aromatic nitrogens is 1. The maximum atomic E-state index is 11.2. The Morgan fingerprint density at radius 3 is 2.58 bits per heavy atom. The van der Waals surface area contributed by atoms with Gasteiger partial charge in [-0.2, -0.15) is 0 Å². The highest BCUT2D eigenvalue weighted by molar-refractivity contribution is 7.89. The number of ether oxygens (including phenoxy) is 1. The number of hydrogen-bond donors (Lipinski definition) is 2. The fourth-order valence-corrected chi connectivity index (χ4v) is 2.73. The van der Waals surface area contributed by atoms with Gasteiger partial charge in [0.05, 0.1) is 6.61 Å². The second-order valence-corrected chi connectivity index (χ2v) is 7.32. The highest BCUT2D eigenvalue weighted by atomic mass is 32.2. The molecule has 0 atom stereocenters. The van der Waals surface area contributed by atoms with Crippen molar-refractivity contribution >= 4 is 15.8 Å². The minimum atomic E-state index is -3.70. The first kappa shape index (κ1) is 18.2. The number of aryl methyl sites for hydroxylation is 2. The minimum absolute atomic E-state index is 0.00155. The van der Waals surface area contributed by atoms with E-state index in [9.17, 15) is 8.42 Å². The van der Waals surface area contributed by atoms with Crippen LogP contribution >= 0.6 is 0 Å². The maximum absolute atomic E-state index is 11.2. The summed E-state index contributed by atoms with van der Waals surface area (Å²) < 4.78 is 28.2. The molecule has 0 saturated heterocycles. The minimum Gasteiger partial charge on any atom is -0.493 e. The number of sulfonamides is 1. The van der Waals surface area contributed by atoms with E-state index in [1.165, 1.54) is 23.4 Å². The molecule has 2 aromatic rings. The van der Waals surface area contributed by atoms with Crippen LogP contribution in [-0.2, 0) is 10.0 Å². The lowest BCUT2D eigenvalue weighted by Crippen LogP contribution is -2.13. The van der Waals surface area contributed by atoms with E-state index in [4.69, 9.17) is 9.88 Å². The zero-order valence-corrected chi connectivity index (χ0v) is 15.0. The van der Waals surface area contributed by atoms with E-state index in [-0.39, 0.29) is 4.90 Å². The Hall–Kier alpha value is -2.12. The van der Waals surface area contributed by atoms with Crippen LogP contribution in [0.3, 0.4) is 0 Å². The summed E-state index contributed by atoms with van der Waals surface area (Å²) in [5.41, 5.74) is 3.57. The van der Waals surface area contributed by atoms with Crippen molar-refractivity contribution in [3.63, 3.8) is 0 Å². The first-order valence-corrected chi connectivity index (χ1v) is 9.25. The molecule has 0 spiro atoms. The first-order valence-electron chi connectivity index (χ1n) is 7.71. The molecule has 2 rings (SSSR count). The molecule has 0 saturated carbocycles. The molecule has 24 heavy (non-hydrogen) atoms. The van der Waals surface area contributed by atoms with E-state index in [1.54, 1.807) is 6.07 Å². The van der Waals surface area contributed by atoms with Gasteiger partial charge in [0.15, 0.2) is 0 Å². The lowest BCUT2D eigenvalue weighted by Gasteiger charge is -2.12. The summed E-state index contributed by atoms with van der Waals surface area (Å²) in [6.45, 7) is 7.45. The van der Waals surface area contributed by atoms with Gasteiger partial charge in [0.1, 0.15) is 16.5 Å². The van der Waals surface area contributed by atoms with Crippen molar-refractivity contribution in [3.05, 3.63) is 47.2 Å². The van der Waals surface area contributed by atoms with Crippen LogP contribution in [0.5, 0.6) is 5.75 Å². The quantitative estimate of drug-likeness (QED) is 0.749. The van der Waals surface area contributed by atoms with Crippen molar-refractivity contribution in [2.75, 3.05) is 18.5 Å². The van der Waals surface area contributed by atoms with Gasteiger partial charge in [0, 0.05) is 12.7 Å². The molecule has 0 aliphatic rings. The van der Waals surface area contributed by atoms with Gasteiger partial charge in [0.2, 0.25) is 10.0 Å². The molecule has 0 aliphatic carbocycles. The molecular weight excluding hydrogens is 326 g/mol. The first-order chi connectivity index (χ1) is 11.3. The third-order valence-electron chi connectivity index (χ3n) is 3.71. The fourth-order valence-electron chi connectivity index (χ4n) is 2.27. The Morgan fingerprint density at radius 2 is 1.96 bits per heavy atom. The zero-order valence-electron chi connectivity index (χ0n) is 14.2. The van der Waals surface area contributed by atoms with Gasteiger partial charge in [-0.25, -0.2) is 18.5 Å². The predicted octanol–water partition coefficient (Wildman–Crippen LogP) is 2.54. The largest absolute Gasteiger partial charge is 0.493 e. The van der Waals surface area contributed by atoms with Gasteiger partial charge < -0.3 is 10.1 Å². The van der Waals surface area contributed by atoms with Gasteiger partial charge in [0.25, 0.3) is 0 Å². The van der Waals surface area contributed by atoms with Gasteiger partial charge >= 0.3 is 0 Å². The van der Waals surface area contributed by atoms with Crippen LogP contribution in [0.2, 0.25) is 0 Å². The average Bonchev–Trinajstić information content (AvgIpc) is 2.51. The van der Waals surface area contributed by atoms with Crippen molar-refractivity contribution in [2.24, 2.45) is 5.14 Å². The summed E-state index contributed by atoms with van der Waals surface area (Å²) in [7, 11) is -3.70. The second-order valence-electron chi connectivity index (χ2n) is 5.76. The lowest BCUT2D eigenvalue weighted by atomic mass is 10.1. The molecule has 1 aromatic carbocycles. The van der Waals surface area contributed by atoms with Crippen molar-refractivity contribution in [3.8, 4) is 5.75 Å². The van der Waals surface area contributed by atoms with E-state index in [2.05, 4.69) is 37.1 Å². The Labute approximate surface area is 143 Å². The van der Waals surface area contributed by atoms with Crippen LogP contribution in [0, 0.1) is 20.8 Å². The number of primary sulfonamides is 1. The number of nitrogens with one attached hydrogen (secondary N) is 1. The molecule has 3 N–H and O–H groups in total. The highest BCUT2D eigenvalue weighted by Gasteiger charge is 2.07. The van der Waals surface area contributed by atoms with Gasteiger partial charge in [-0.1, -0.05) is 6.07 Å². The highest BCUT2D eigenvalue weighted by Crippen LogP contribution is 2.23. The lowest BCUT2D eigenvalue weighted by molar-refractivity contribution is 0.312. The summed E-state index contributed by atoms with van der Waals surface area (Å²) in [5.74, 6) is 1.52. The Kier molecular flexibility index (Phi) is 5.80. The van der Waals surface area contributed by atoms with E-state index in [1.807, 2.05) is 6.07 Å². The molecule has 0 amide bonds. The summed E-state index contributed by atoms with van der Waals surface area (Å²) in [5, 5.41) is 8.15. The smallest absolute Gasteiger partial charge is 0.239 e. The standard InChI is InChI=1S/C17H23N3O3S/c1-12-9-13(2)14(3)16(10-12)23-8-4-7-19-17-6-5-15(11-20-17)24(18,21)22/h5-6,9-11H,4,7-8H2,1-3H3,(H,19,20)(H2,18,21,22). The normalized spacial score (nSPS) is 11.3. The topological polar surface area (TPSA) is 94.3 Å². The van der Waals surface area contributed by atoms with Gasteiger partial charge in [-0.15, -0.1) is 0 Å². The van der Waals surface area contributed by atoms with Gasteiger partial charge in [-0.3, -0.25) is 0 Å². The fraction of sp³-hybridized carbons (Fsp3) is 0.353. The van der Waals surface area contributed by atoms with Crippen molar-refractivity contribution in [1.29, 1.82) is 0 Å². The number of nitrogens with zero attached hydrogens (tertiary/aromatic N) is 1.